The Balaban J connectivity index is 1.65. The second kappa shape index (κ2) is 7.61. The van der Waals surface area contributed by atoms with E-state index >= 15 is 0 Å². The number of anilines is 1. The van der Waals surface area contributed by atoms with Gasteiger partial charge in [0.25, 0.3) is 10.0 Å². The van der Waals surface area contributed by atoms with Crippen LogP contribution >= 0.6 is 0 Å². The third kappa shape index (κ3) is 3.88. The van der Waals surface area contributed by atoms with Gasteiger partial charge in [0, 0.05) is 16.6 Å². The third-order valence-electron chi connectivity index (χ3n) is 4.71. The van der Waals surface area contributed by atoms with E-state index in [1.807, 2.05) is 6.92 Å². The van der Waals surface area contributed by atoms with Crippen molar-refractivity contribution in [2.75, 3.05) is 4.72 Å². The molecule has 0 spiro atoms. The number of hydrogen-bond acceptors (Lipinski definition) is 4. The van der Waals surface area contributed by atoms with Crippen molar-refractivity contribution in [3.63, 3.8) is 0 Å². The van der Waals surface area contributed by atoms with E-state index < -0.39 is 16.0 Å². The molecule has 1 aromatic heterocycles. The molecule has 4 aromatic rings. The van der Waals surface area contributed by atoms with Gasteiger partial charge in [0.05, 0.1) is 21.7 Å². The van der Waals surface area contributed by atoms with Crippen LogP contribution in [0.4, 0.5) is 5.69 Å². The number of nitrogens with one attached hydrogen (secondary N) is 1. The average molecular weight is 418 g/mol. The molecular weight excluding hydrogens is 400 g/mol. The van der Waals surface area contributed by atoms with Gasteiger partial charge < -0.3 is 5.11 Å². The summed E-state index contributed by atoms with van der Waals surface area (Å²) in [6.45, 7) is 1.89. The van der Waals surface area contributed by atoms with Crippen LogP contribution in [0.3, 0.4) is 0 Å². The summed E-state index contributed by atoms with van der Waals surface area (Å²) in [6.07, 6.45) is 0. The van der Waals surface area contributed by atoms with Crippen molar-refractivity contribution < 1.29 is 18.3 Å². The van der Waals surface area contributed by atoms with E-state index in [1.54, 1.807) is 72.8 Å². The Hall–Kier alpha value is -3.71. The lowest BCUT2D eigenvalue weighted by molar-refractivity contribution is 0.0699. The van der Waals surface area contributed by atoms with Crippen LogP contribution in [0, 0.1) is 6.92 Å². The van der Waals surface area contributed by atoms with Crippen molar-refractivity contribution in [1.29, 1.82) is 0 Å². The molecule has 0 aliphatic heterocycles. The first-order valence-corrected chi connectivity index (χ1v) is 10.6. The number of hydrogen-bond donors (Lipinski definition) is 2. The molecule has 0 saturated heterocycles. The van der Waals surface area contributed by atoms with E-state index in [9.17, 15) is 18.3 Å². The molecule has 0 bridgehead atoms. The number of aromatic nitrogens is 1. The average Bonchev–Trinajstić information content (AvgIpc) is 2.73. The van der Waals surface area contributed by atoms with Crippen LogP contribution in [0.2, 0.25) is 0 Å². The maximum Gasteiger partial charge on any atom is 0.336 e. The first kappa shape index (κ1) is 19.6. The fraction of sp³-hybridized carbons (Fsp3) is 0.0435. The Kier molecular flexibility index (Phi) is 4.97. The number of rotatable bonds is 5. The topological polar surface area (TPSA) is 96.4 Å². The summed E-state index contributed by atoms with van der Waals surface area (Å²) in [5.41, 5.74) is 3.30. The number of sulfonamides is 1. The normalized spacial score (nSPS) is 11.4. The minimum atomic E-state index is -3.70. The number of carbonyl (C=O) groups is 1. The van der Waals surface area contributed by atoms with Gasteiger partial charge in [-0.1, -0.05) is 48.0 Å². The van der Waals surface area contributed by atoms with Crippen LogP contribution in [0.25, 0.3) is 22.2 Å². The van der Waals surface area contributed by atoms with Crippen LogP contribution in [-0.4, -0.2) is 24.5 Å². The van der Waals surface area contributed by atoms with Crippen molar-refractivity contribution >= 4 is 32.6 Å². The highest BCUT2D eigenvalue weighted by molar-refractivity contribution is 7.92. The molecule has 1 heterocycles. The predicted molar refractivity (Wildman–Crippen MR) is 116 cm³/mol. The van der Waals surface area contributed by atoms with Gasteiger partial charge in [-0.05, 0) is 43.3 Å². The molecule has 0 saturated carbocycles. The summed E-state index contributed by atoms with van der Waals surface area (Å²) >= 11 is 0. The quantitative estimate of drug-likeness (QED) is 0.489. The highest BCUT2D eigenvalue weighted by Crippen LogP contribution is 2.26. The van der Waals surface area contributed by atoms with Gasteiger partial charge in [-0.25, -0.2) is 18.2 Å². The van der Waals surface area contributed by atoms with Crippen LogP contribution in [0.5, 0.6) is 0 Å². The summed E-state index contributed by atoms with van der Waals surface area (Å²) in [5.74, 6) is -1.03. The lowest BCUT2D eigenvalue weighted by Crippen LogP contribution is -2.12. The maximum absolute atomic E-state index is 12.5. The van der Waals surface area contributed by atoms with E-state index in [0.717, 1.165) is 5.56 Å². The zero-order valence-electron chi connectivity index (χ0n) is 16.0. The smallest absolute Gasteiger partial charge is 0.336 e. The molecule has 0 aliphatic carbocycles. The van der Waals surface area contributed by atoms with Crippen molar-refractivity contribution in [3.8, 4) is 11.3 Å². The number of carboxylic acid groups (broad SMARTS) is 1. The summed E-state index contributed by atoms with van der Waals surface area (Å²) in [6, 6.07) is 21.8. The van der Waals surface area contributed by atoms with Crippen molar-refractivity contribution in [2.24, 2.45) is 0 Å². The van der Waals surface area contributed by atoms with Crippen molar-refractivity contribution in [2.45, 2.75) is 11.8 Å². The van der Waals surface area contributed by atoms with Crippen LogP contribution < -0.4 is 4.72 Å². The number of para-hydroxylation sites is 1. The van der Waals surface area contributed by atoms with Gasteiger partial charge in [-0.2, -0.15) is 0 Å². The maximum atomic E-state index is 12.5. The Morgan fingerprint density at radius 2 is 1.60 bits per heavy atom. The van der Waals surface area contributed by atoms with Gasteiger partial charge in [-0.3, -0.25) is 4.72 Å². The number of pyridine rings is 1. The van der Waals surface area contributed by atoms with Gasteiger partial charge in [-0.15, -0.1) is 0 Å². The number of fused-ring (bicyclic) bond motifs is 1. The largest absolute Gasteiger partial charge is 0.478 e. The minimum absolute atomic E-state index is 0.166. The van der Waals surface area contributed by atoms with E-state index in [1.165, 1.54) is 6.07 Å². The molecule has 0 amide bonds. The van der Waals surface area contributed by atoms with Crippen LogP contribution in [-0.2, 0) is 10.0 Å². The van der Waals surface area contributed by atoms with Crippen LogP contribution in [0.15, 0.2) is 83.8 Å². The molecule has 0 fully saturated rings. The molecule has 7 heteroatoms. The first-order valence-electron chi connectivity index (χ1n) is 9.16. The zero-order chi connectivity index (χ0) is 21.3. The fourth-order valence-electron chi connectivity index (χ4n) is 3.14. The fourth-order valence-corrected chi connectivity index (χ4v) is 4.20. The summed E-state index contributed by atoms with van der Waals surface area (Å²) in [4.78, 5) is 16.4. The lowest BCUT2D eigenvalue weighted by atomic mass is 10.0. The summed E-state index contributed by atoms with van der Waals surface area (Å²) in [5, 5.41) is 10.1. The SMILES string of the molecule is Cc1ccc(S(=O)(=O)Nc2ccc(-c3cc(C(=O)O)c4ccccc4n3)cc2)cc1. The molecule has 30 heavy (non-hydrogen) atoms. The molecule has 2 N–H and O–H groups in total. The zero-order valence-corrected chi connectivity index (χ0v) is 16.8. The number of benzene rings is 3. The van der Waals surface area contributed by atoms with E-state index in [2.05, 4.69) is 9.71 Å². The molecule has 3 aromatic carbocycles. The van der Waals surface area contributed by atoms with E-state index in [0.29, 0.717) is 27.8 Å². The molecule has 150 valence electrons. The number of aryl methyl sites for hydroxylation is 1. The standard InChI is InChI=1S/C23H18N2O4S/c1-15-6-12-18(13-7-15)30(28,29)25-17-10-8-16(9-11-17)22-14-20(23(26)27)19-4-2-3-5-21(19)24-22/h2-14,25H,1H3,(H,26,27). The van der Waals surface area contributed by atoms with Crippen molar-refractivity contribution in [1.82, 2.24) is 4.98 Å². The second-order valence-electron chi connectivity index (χ2n) is 6.87. The molecular formula is C23H18N2O4S. The highest BCUT2D eigenvalue weighted by Gasteiger charge is 2.15. The molecule has 0 aliphatic rings. The number of aromatic carboxylic acids is 1. The second-order valence-corrected chi connectivity index (χ2v) is 8.56. The van der Waals surface area contributed by atoms with Crippen LogP contribution in [0.1, 0.15) is 15.9 Å². The molecule has 4 rings (SSSR count). The molecule has 0 atom stereocenters. The van der Waals surface area contributed by atoms with E-state index in [-0.39, 0.29) is 10.5 Å². The summed E-state index contributed by atoms with van der Waals surface area (Å²) < 4.78 is 27.6. The van der Waals surface area contributed by atoms with Crippen molar-refractivity contribution in [3.05, 3.63) is 90.0 Å². The Morgan fingerprint density at radius 1 is 0.933 bits per heavy atom. The molecule has 0 unspecified atom stereocenters. The predicted octanol–water partition coefficient (Wildman–Crippen LogP) is 4.71. The van der Waals surface area contributed by atoms with Gasteiger partial charge in [0.2, 0.25) is 0 Å². The molecule has 0 radical (unpaired) electrons. The first-order chi connectivity index (χ1) is 14.3. The molecule has 6 nitrogen and oxygen atoms in total. The lowest BCUT2D eigenvalue weighted by Gasteiger charge is -2.10. The van der Waals surface area contributed by atoms with Gasteiger partial charge >= 0.3 is 5.97 Å². The Labute approximate surface area is 173 Å². The number of nitrogens with zero attached hydrogens (tertiary/aromatic N) is 1. The highest BCUT2D eigenvalue weighted by atomic mass is 32.2. The summed E-state index contributed by atoms with van der Waals surface area (Å²) in [7, 11) is -3.70. The van der Waals surface area contributed by atoms with E-state index in [4.69, 9.17) is 0 Å². The Bertz CT molecular complexity index is 1350. The van der Waals surface area contributed by atoms with Gasteiger partial charge in [0.15, 0.2) is 0 Å². The number of carboxylic acids is 1. The Morgan fingerprint density at radius 3 is 2.27 bits per heavy atom. The van der Waals surface area contributed by atoms with Gasteiger partial charge in [0.1, 0.15) is 0 Å². The third-order valence-corrected chi connectivity index (χ3v) is 6.11. The monoisotopic (exact) mass is 418 g/mol. The minimum Gasteiger partial charge on any atom is -0.478 e.